The first-order chi connectivity index (χ1) is 13.7. The van der Waals surface area contributed by atoms with E-state index < -0.39 is 18.3 Å². The summed E-state index contributed by atoms with van der Waals surface area (Å²) in [5.41, 5.74) is 3.20. The van der Waals surface area contributed by atoms with Gasteiger partial charge in [-0.25, -0.2) is 13.2 Å². The van der Waals surface area contributed by atoms with Crippen molar-refractivity contribution in [3.63, 3.8) is 0 Å². The summed E-state index contributed by atoms with van der Waals surface area (Å²) in [5, 5.41) is 7.01. The Morgan fingerprint density at radius 2 is 1.90 bits per heavy atom. The molecule has 8 heteroatoms. The summed E-state index contributed by atoms with van der Waals surface area (Å²) < 4.78 is 47.3. The van der Waals surface area contributed by atoms with Crippen LogP contribution in [-0.4, -0.2) is 28.2 Å². The summed E-state index contributed by atoms with van der Waals surface area (Å²) in [7, 11) is 0. The van der Waals surface area contributed by atoms with Gasteiger partial charge in [-0.15, -0.1) is 0 Å². The van der Waals surface area contributed by atoms with Crippen LogP contribution in [0.4, 0.5) is 18.9 Å². The maximum atomic E-state index is 13.7. The summed E-state index contributed by atoms with van der Waals surface area (Å²) in [6.07, 6.45) is 0. The average Bonchev–Trinajstić information content (AvgIpc) is 2.95. The number of ether oxygens (including phenoxy) is 1. The number of anilines is 1. The van der Waals surface area contributed by atoms with Crippen LogP contribution in [-0.2, 0) is 11.3 Å². The van der Waals surface area contributed by atoms with E-state index in [1.54, 1.807) is 25.1 Å². The van der Waals surface area contributed by atoms with Gasteiger partial charge < -0.3 is 10.1 Å². The Kier molecular flexibility index (Phi) is 4.56. The smallest absolute Gasteiger partial charge is 0.267 e. The van der Waals surface area contributed by atoms with Crippen molar-refractivity contribution in [2.24, 2.45) is 0 Å². The SMILES string of the molecule is [CH2]C(F)(F)Cn1nc(C)c(-c2ccc3c(c2)NC(=O)CO3)c1-c1ccc(F)cc1. The Morgan fingerprint density at radius 1 is 1.21 bits per heavy atom. The lowest BCUT2D eigenvalue weighted by molar-refractivity contribution is -0.118. The molecule has 2 heterocycles. The number of carbonyl (C=O) groups is 1. The topological polar surface area (TPSA) is 56.2 Å². The molecule has 0 aliphatic carbocycles. The predicted octanol–water partition coefficient (Wildman–Crippen LogP) is 4.46. The molecule has 0 spiro atoms. The van der Waals surface area contributed by atoms with E-state index in [0.29, 0.717) is 39.5 Å². The number of halogens is 3. The minimum Gasteiger partial charge on any atom is -0.482 e. The van der Waals surface area contributed by atoms with Gasteiger partial charge in [0.15, 0.2) is 6.61 Å². The molecule has 5 nitrogen and oxygen atoms in total. The average molecular weight is 400 g/mol. The van der Waals surface area contributed by atoms with Crippen LogP contribution >= 0.6 is 0 Å². The van der Waals surface area contributed by atoms with Gasteiger partial charge >= 0.3 is 0 Å². The lowest BCUT2D eigenvalue weighted by Gasteiger charge is -2.19. The molecule has 149 valence electrons. The molecular weight excluding hydrogens is 383 g/mol. The van der Waals surface area contributed by atoms with Crippen molar-refractivity contribution < 1.29 is 22.7 Å². The fraction of sp³-hybridized carbons (Fsp3) is 0.190. The van der Waals surface area contributed by atoms with Gasteiger partial charge in [-0.3, -0.25) is 9.48 Å². The van der Waals surface area contributed by atoms with Gasteiger partial charge in [0.1, 0.15) is 18.1 Å². The highest BCUT2D eigenvalue weighted by molar-refractivity contribution is 5.97. The molecule has 0 unspecified atom stereocenters. The summed E-state index contributed by atoms with van der Waals surface area (Å²) in [5.74, 6) is -3.43. The Labute approximate surface area is 165 Å². The van der Waals surface area contributed by atoms with Crippen LogP contribution in [0, 0.1) is 19.7 Å². The minimum atomic E-state index is -3.23. The van der Waals surface area contributed by atoms with E-state index in [1.165, 1.54) is 28.9 Å². The van der Waals surface area contributed by atoms with Crippen molar-refractivity contribution in [1.82, 2.24) is 9.78 Å². The van der Waals surface area contributed by atoms with E-state index in [-0.39, 0.29) is 12.5 Å². The number of hydrogen-bond acceptors (Lipinski definition) is 3. The number of hydrogen-bond donors (Lipinski definition) is 1. The Balaban J connectivity index is 1.90. The first-order valence-electron chi connectivity index (χ1n) is 8.85. The van der Waals surface area contributed by atoms with Crippen LogP contribution in [0.3, 0.4) is 0 Å². The molecule has 0 fully saturated rings. The van der Waals surface area contributed by atoms with Gasteiger partial charge in [-0.2, -0.15) is 5.10 Å². The molecule has 0 bridgehead atoms. The van der Waals surface area contributed by atoms with Gasteiger partial charge in [-0.1, -0.05) is 6.07 Å². The molecule has 1 N–H and O–H groups in total. The zero-order valence-corrected chi connectivity index (χ0v) is 15.5. The molecule has 29 heavy (non-hydrogen) atoms. The van der Waals surface area contributed by atoms with Crippen LogP contribution in [0.15, 0.2) is 42.5 Å². The molecule has 3 aromatic rings. The van der Waals surface area contributed by atoms with E-state index in [9.17, 15) is 18.0 Å². The van der Waals surface area contributed by atoms with Crippen LogP contribution < -0.4 is 10.1 Å². The summed E-state index contributed by atoms with van der Waals surface area (Å²) in [6, 6.07) is 10.7. The highest BCUT2D eigenvalue weighted by atomic mass is 19.3. The van der Waals surface area contributed by atoms with Crippen LogP contribution in [0.2, 0.25) is 0 Å². The number of aromatic nitrogens is 2. The molecule has 1 radical (unpaired) electrons. The second kappa shape index (κ2) is 6.95. The third kappa shape index (κ3) is 3.83. The van der Waals surface area contributed by atoms with Gasteiger partial charge in [0.2, 0.25) is 0 Å². The Morgan fingerprint density at radius 3 is 2.59 bits per heavy atom. The molecule has 2 aromatic carbocycles. The zero-order valence-electron chi connectivity index (χ0n) is 15.5. The molecular formula is C21H17F3N3O2. The first-order valence-corrected chi connectivity index (χ1v) is 8.85. The highest BCUT2D eigenvalue weighted by Gasteiger charge is 2.28. The lowest BCUT2D eigenvalue weighted by Crippen LogP contribution is -2.25. The maximum absolute atomic E-state index is 13.7. The largest absolute Gasteiger partial charge is 0.482 e. The van der Waals surface area contributed by atoms with E-state index in [4.69, 9.17) is 4.74 Å². The number of alkyl halides is 2. The van der Waals surface area contributed by atoms with E-state index >= 15 is 0 Å². The molecule has 4 rings (SSSR count). The van der Waals surface area contributed by atoms with Crippen molar-refractivity contribution in [2.75, 3.05) is 11.9 Å². The number of nitrogens with one attached hydrogen (secondary N) is 1. The van der Waals surface area contributed by atoms with E-state index in [2.05, 4.69) is 17.3 Å². The zero-order chi connectivity index (χ0) is 20.8. The number of fused-ring (bicyclic) bond motifs is 1. The van der Waals surface area contributed by atoms with Gasteiger partial charge in [0, 0.05) is 18.1 Å². The molecule has 1 aliphatic rings. The molecule has 1 aliphatic heterocycles. The molecule has 0 atom stereocenters. The maximum Gasteiger partial charge on any atom is 0.267 e. The Hall–Kier alpha value is -3.29. The van der Waals surface area contributed by atoms with Crippen molar-refractivity contribution in [3.8, 4) is 28.1 Å². The second-order valence-corrected chi connectivity index (χ2v) is 6.88. The quantitative estimate of drug-likeness (QED) is 0.703. The van der Waals surface area contributed by atoms with Crippen LogP contribution in [0.25, 0.3) is 22.4 Å². The van der Waals surface area contributed by atoms with Crippen molar-refractivity contribution in [3.05, 3.63) is 60.9 Å². The molecule has 1 aromatic heterocycles. The monoisotopic (exact) mass is 400 g/mol. The van der Waals surface area contributed by atoms with Crippen LogP contribution in [0.5, 0.6) is 5.75 Å². The van der Waals surface area contributed by atoms with Gasteiger partial charge in [0.25, 0.3) is 11.8 Å². The predicted molar refractivity (Wildman–Crippen MR) is 102 cm³/mol. The van der Waals surface area contributed by atoms with E-state index in [0.717, 1.165) is 0 Å². The summed E-state index contributed by atoms with van der Waals surface area (Å²) in [4.78, 5) is 11.6. The Bertz CT molecular complexity index is 1090. The summed E-state index contributed by atoms with van der Waals surface area (Å²) in [6.45, 7) is 3.78. The highest BCUT2D eigenvalue weighted by Crippen LogP contribution is 2.39. The fourth-order valence-corrected chi connectivity index (χ4v) is 3.40. The normalized spacial score (nSPS) is 13.6. The first kappa shape index (κ1) is 19.0. The number of benzene rings is 2. The standard InChI is InChI=1S/C21H17F3N3O2/c1-12-19(14-5-8-17-16(9-14)25-18(28)10-29-17)20(13-3-6-15(22)7-4-13)27(26-12)11-21(2,23)24/h3-9H,2,10-11H2,1H3,(H,25,28). The van der Waals surface area contributed by atoms with Crippen molar-refractivity contribution >= 4 is 11.6 Å². The summed E-state index contributed by atoms with van der Waals surface area (Å²) >= 11 is 0. The van der Waals surface area contributed by atoms with Crippen LogP contribution in [0.1, 0.15) is 5.69 Å². The van der Waals surface area contributed by atoms with Crippen molar-refractivity contribution in [2.45, 2.75) is 19.4 Å². The third-order valence-electron chi connectivity index (χ3n) is 4.53. The molecule has 0 saturated carbocycles. The second-order valence-electron chi connectivity index (χ2n) is 6.88. The minimum absolute atomic E-state index is 0.0667. The number of nitrogens with zero attached hydrogens (tertiary/aromatic N) is 2. The third-order valence-corrected chi connectivity index (χ3v) is 4.53. The van der Waals surface area contributed by atoms with Gasteiger partial charge in [-0.05, 0) is 48.9 Å². The van der Waals surface area contributed by atoms with Gasteiger partial charge in [0.05, 0.1) is 17.1 Å². The fourth-order valence-electron chi connectivity index (χ4n) is 3.40. The number of rotatable bonds is 4. The number of aryl methyl sites for hydroxylation is 1. The van der Waals surface area contributed by atoms with Crippen molar-refractivity contribution in [1.29, 1.82) is 0 Å². The van der Waals surface area contributed by atoms with E-state index in [1.807, 2.05) is 0 Å². The molecule has 1 amide bonds. The molecule has 0 saturated heterocycles. The number of amides is 1. The number of carbonyl (C=O) groups excluding carboxylic acids is 1. The lowest BCUT2D eigenvalue weighted by atomic mass is 9.98.